The molecule has 0 aromatic heterocycles. The van der Waals surface area contributed by atoms with E-state index in [1.807, 2.05) is 31.2 Å². The second-order valence-corrected chi connectivity index (χ2v) is 6.51. The molecule has 0 bridgehead atoms. The van der Waals surface area contributed by atoms with E-state index in [1.165, 1.54) is 17.9 Å². The van der Waals surface area contributed by atoms with E-state index in [1.54, 1.807) is 0 Å². The minimum absolute atomic E-state index is 0.0458. The van der Waals surface area contributed by atoms with Crippen LogP contribution in [-0.2, 0) is 22.3 Å². The molecule has 0 heterocycles. The highest BCUT2D eigenvalue weighted by Gasteiger charge is 2.33. The van der Waals surface area contributed by atoms with Crippen molar-refractivity contribution in [3.8, 4) is 0 Å². The standard InChI is InChI=1S/C19H18ClF3N2O2/c1-12-3-5-14(6-4-12)10-25(13(2)26)11-18(27)24-15-7-8-17(20)16(9-15)19(21,22)23/h3-9H,10-11H2,1-2H3,(H,24,27). The molecule has 2 aromatic carbocycles. The SMILES string of the molecule is CC(=O)N(CC(=O)Nc1ccc(Cl)c(C(F)(F)F)c1)Cc1ccc(C)cc1. The highest BCUT2D eigenvalue weighted by molar-refractivity contribution is 6.31. The van der Waals surface area contributed by atoms with Gasteiger partial charge < -0.3 is 10.2 Å². The molecule has 0 spiro atoms. The molecule has 0 aliphatic rings. The van der Waals surface area contributed by atoms with Gasteiger partial charge in [-0.3, -0.25) is 9.59 Å². The Morgan fingerprint density at radius 2 is 1.74 bits per heavy atom. The number of halogens is 4. The summed E-state index contributed by atoms with van der Waals surface area (Å²) in [6.07, 6.45) is -4.63. The van der Waals surface area contributed by atoms with Gasteiger partial charge in [-0.1, -0.05) is 41.4 Å². The fourth-order valence-corrected chi connectivity index (χ4v) is 2.61. The van der Waals surface area contributed by atoms with E-state index in [-0.39, 0.29) is 24.7 Å². The van der Waals surface area contributed by atoms with Gasteiger partial charge in [0.1, 0.15) is 6.54 Å². The maximum Gasteiger partial charge on any atom is 0.417 e. The van der Waals surface area contributed by atoms with E-state index in [4.69, 9.17) is 11.6 Å². The molecule has 0 aliphatic heterocycles. The summed E-state index contributed by atoms with van der Waals surface area (Å²) in [6.45, 7) is 3.19. The lowest BCUT2D eigenvalue weighted by molar-refractivity contribution is -0.137. The zero-order valence-corrected chi connectivity index (χ0v) is 15.5. The number of rotatable bonds is 5. The minimum Gasteiger partial charge on any atom is -0.329 e. The van der Waals surface area contributed by atoms with Crippen LogP contribution in [0.4, 0.5) is 18.9 Å². The molecule has 0 atom stereocenters. The largest absolute Gasteiger partial charge is 0.417 e. The average molecular weight is 399 g/mol. The molecule has 0 saturated carbocycles. The maximum atomic E-state index is 12.9. The number of hydrogen-bond acceptors (Lipinski definition) is 2. The Labute approximate surface area is 159 Å². The van der Waals surface area contributed by atoms with Crippen LogP contribution in [0.15, 0.2) is 42.5 Å². The van der Waals surface area contributed by atoms with Gasteiger partial charge in [0.2, 0.25) is 11.8 Å². The van der Waals surface area contributed by atoms with Crippen molar-refractivity contribution < 1.29 is 22.8 Å². The normalized spacial score (nSPS) is 11.2. The first-order chi connectivity index (χ1) is 12.6. The molecule has 0 aliphatic carbocycles. The van der Waals surface area contributed by atoms with E-state index < -0.39 is 22.7 Å². The van der Waals surface area contributed by atoms with Gasteiger partial charge in [-0.15, -0.1) is 0 Å². The van der Waals surface area contributed by atoms with Crippen LogP contribution in [0.1, 0.15) is 23.6 Å². The first-order valence-electron chi connectivity index (χ1n) is 8.04. The minimum atomic E-state index is -4.63. The molecule has 0 radical (unpaired) electrons. The Bertz CT molecular complexity index is 836. The molecule has 144 valence electrons. The molecule has 2 amide bonds. The number of carbonyl (C=O) groups excluding carboxylic acids is 2. The van der Waals surface area contributed by atoms with Crippen LogP contribution in [0.3, 0.4) is 0 Å². The van der Waals surface area contributed by atoms with E-state index in [0.717, 1.165) is 23.3 Å². The van der Waals surface area contributed by atoms with Gasteiger partial charge >= 0.3 is 6.18 Å². The lowest BCUT2D eigenvalue weighted by Gasteiger charge is -2.21. The van der Waals surface area contributed by atoms with Crippen molar-refractivity contribution in [1.29, 1.82) is 0 Å². The Kier molecular flexibility index (Phi) is 6.49. The average Bonchev–Trinajstić information content (AvgIpc) is 2.57. The fraction of sp³-hybridized carbons (Fsp3) is 0.263. The number of nitrogens with zero attached hydrogens (tertiary/aromatic N) is 1. The second kappa shape index (κ2) is 8.43. The highest BCUT2D eigenvalue weighted by Crippen LogP contribution is 2.36. The van der Waals surface area contributed by atoms with Gasteiger partial charge in [0.25, 0.3) is 0 Å². The van der Waals surface area contributed by atoms with Crippen molar-refractivity contribution in [3.63, 3.8) is 0 Å². The van der Waals surface area contributed by atoms with Crippen LogP contribution < -0.4 is 5.32 Å². The summed E-state index contributed by atoms with van der Waals surface area (Å²) in [5.74, 6) is -0.925. The first-order valence-corrected chi connectivity index (χ1v) is 8.41. The Hall–Kier alpha value is -2.54. The molecule has 0 unspecified atom stereocenters. The molecule has 8 heteroatoms. The molecular weight excluding hydrogens is 381 g/mol. The van der Waals surface area contributed by atoms with Gasteiger partial charge in [0, 0.05) is 19.2 Å². The summed E-state index contributed by atoms with van der Waals surface area (Å²) in [7, 11) is 0. The van der Waals surface area contributed by atoms with Crippen LogP contribution in [0, 0.1) is 6.92 Å². The van der Waals surface area contributed by atoms with Crippen LogP contribution in [-0.4, -0.2) is 23.3 Å². The van der Waals surface area contributed by atoms with Crippen LogP contribution in [0.2, 0.25) is 5.02 Å². The monoisotopic (exact) mass is 398 g/mol. The van der Waals surface area contributed by atoms with Crippen LogP contribution >= 0.6 is 11.6 Å². The summed E-state index contributed by atoms with van der Waals surface area (Å²) in [5, 5.41) is 1.92. The van der Waals surface area contributed by atoms with Crippen molar-refractivity contribution in [1.82, 2.24) is 4.90 Å². The van der Waals surface area contributed by atoms with E-state index >= 15 is 0 Å². The molecule has 27 heavy (non-hydrogen) atoms. The third kappa shape index (κ3) is 5.99. The van der Waals surface area contributed by atoms with E-state index in [0.29, 0.717) is 0 Å². The van der Waals surface area contributed by atoms with Crippen molar-refractivity contribution in [2.45, 2.75) is 26.6 Å². The molecule has 2 aromatic rings. The van der Waals surface area contributed by atoms with Crippen LogP contribution in [0.25, 0.3) is 0 Å². The van der Waals surface area contributed by atoms with Crippen molar-refractivity contribution in [2.75, 3.05) is 11.9 Å². The Balaban J connectivity index is 2.08. The highest BCUT2D eigenvalue weighted by atomic mass is 35.5. The summed E-state index contributed by atoms with van der Waals surface area (Å²) < 4.78 is 38.7. The van der Waals surface area contributed by atoms with Crippen molar-refractivity contribution >= 4 is 29.1 Å². The topological polar surface area (TPSA) is 49.4 Å². The predicted octanol–water partition coefficient (Wildman–Crippen LogP) is 4.65. The molecular formula is C19H18ClF3N2O2. The summed E-state index contributed by atoms with van der Waals surface area (Å²) in [6, 6.07) is 10.6. The van der Waals surface area contributed by atoms with E-state index in [2.05, 4.69) is 5.32 Å². The lowest BCUT2D eigenvalue weighted by Crippen LogP contribution is -2.36. The number of nitrogens with one attached hydrogen (secondary N) is 1. The van der Waals surface area contributed by atoms with Gasteiger partial charge in [-0.05, 0) is 30.7 Å². The molecule has 1 N–H and O–H groups in total. The number of anilines is 1. The van der Waals surface area contributed by atoms with E-state index in [9.17, 15) is 22.8 Å². The number of amides is 2. The lowest BCUT2D eigenvalue weighted by atomic mass is 10.1. The molecule has 0 saturated heterocycles. The molecule has 2 rings (SSSR count). The third-order valence-electron chi connectivity index (χ3n) is 3.83. The molecule has 0 fully saturated rings. The predicted molar refractivity (Wildman–Crippen MR) is 97.4 cm³/mol. The fourth-order valence-electron chi connectivity index (χ4n) is 2.39. The summed E-state index contributed by atoms with van der Waals surface area (Å²) in [5.41, 5.74) is 0.823. The summed E-state index contributed by atoms with van der Waals surface area (Å²) >= 11 is 5.56. The number of carbonyl (C=O) groups is 2. The van der Waals surface area contributed by atoms with Gasteiger partial charge in [0.15, 0.2) is 0 Å². The zero-order chi connectivity index (χ0) is 20.2. The van der Waals surface area contributed by atoms with Crippen molar-refractivity contribution in [3.05, 3.63) is 64.2 Å². The van der Waals surface area contributed by atoms with Crippen LogP contribution in [0.5, 0.6) is 0 Å². The molecule has 4 nitrogen and oxygen atoms in total. The third-order valence-corrected chi connectivity index (χ3v) is 4.16. The number of benzene rings is 2. The zero-order valence-electron chi connectivity index (χ0n) is 14.7. The maximum absolute atomic E-state index is 12.9. The smallest absolute Gasteiger partial charge is 0.329 e. The van der Waals surface area contributed by atoms with Gasteiger partial charge in [-0.2, -0.15) is 13.2 Å². The summed E-state index contributed by atoms with van der Waals surface area (Å²) in [4.78, 5) is 25.3. The number of alkyl halides is 3. The quantitative estimate of drug-likeness (QED) is 0.796. The first kappa shape index (κ1) is 20.8. The Morgan fingerprint density at radius 3 is 2.30 bits per heavy atom. The second-order valence-electron chi connectivity index (χ2n) is 6.10. The van der Waals surface area contributed by atoms with Gasteiger partial charge in [0.05, 0.1) is 10.6 Å². The number of hydrogen-bond donors (Lipinski definition) is 1. The van der Waals surface area contributed by atoms with Crippen molar-refractivity contribution in [2.24, 2.45) is 0 Å². The number of aryl methyl sites for hydroxylation is 1. The Morgan fingerprint density at radius 1 is 1.11 bits per heavy atom. The van der Waals surface area contributed by atoms with Gasteiger partial charge in [-0.25, -0.2) is 0 Å².